The van der Waals surface area contributed by atoms with Gasteiger partial charge in [-0.05, 0) is 49.1 Å². The number of nitrogens with zero attached hydrogens (tertiary/aromatic N) is 3. The predicted molar refractivity (Wildman–Crippen MR) is 115 cm³/mol. The smallest absolute Gasteiger partial charge is 0.414 e. The lowest BCUT2D eigenvalue weighted by Gasteiger charge is -2.15. The highest BCUT2D eigenvalue weighted by atomic mass is 16.6. The van der Waals surface area contributed by atoms with Crippen molar-refractivity contribution >= 4 is 17.7 Å². The number of hydrogen-bond donors (Lipinski definition) is 2. The lowest BCUT2D eigenvalue weighted by Crippen LogP contribution is -2.33. The zero-order valence-electron chi connectivity index (χ0n) is 17.5. The number of rotatable bonds is 4. The van der Waals surface area contributed by atoms with Crippen molar-refractivity contribution in [3.63, 3.8) is 0 Å². The van der Waals surface area contributed by atoms with E-state index in [1.807, 2.05) is 18.2 Å². The van der Waals surface area contributed by atoms with Crippen molar-refractivity contribution in [3.8, 4) is 28.5 Å². The Balaban J connectivity index is 1.44. The summed E-state index contributed by atoms with van der Waals surface area (Å²) in [5, 5.41) is 16.7. The molecule has 2 N–H and O–H groups in total. The number of benzene rings is 1. The van der Waals surface area contributed by atoms with E-state index in [9.17, 15) is 14.7 Å². The second kappa shape index (κ2) is 7.99. The molecule has 2 aromatic heterocycles. The van der Waals surface area contributed by atoms with E-state index in [0.29, 0.717) is 18.0 Å². The van der Waals surface area contributed by atoms with Crippen LogP contribution in [0.3, 0.4) is 0 Å². The van der Waals surface area contributed by atoms with Crippen molar-refractivity contribution in [1.82, 2.24) is 15.5 Å². The van der Waals surface area contributed by atoms with Crippen molar-refractivity contribution in [2.24, 2.45) is 0 Å². The zero-order valence-corrected chi connectivity index (χ0v) is 17.5. The van der Waals surface area contributed by atoms with Crippen molar-refractivity contribution in [2.45, 2.75) is 32.3 Å². The number of carbonyl (C=O) groups is 2. The van der Waals surface area contributed by atoms with E-state index in [1.54, 1.807) is 17.0 Å². The number of aromatic hydroxyl groups is 1. The minimum atomic E-state index is -0.422. The monoisotopic (exact) mass is 434 g/mol. The van der Waals surface area contributed by atoms with Crippen LogP contribution < -0.4 is 10.2 Å². The number of nitrogens with one attached hydrogen (secondary N) is 1. The topological polar surface area (TPSA) is 118 Å². The van der Waals surface area contributed by atoms with Gasteiger partial charge in [-0.3, -0.25) is 9.69 Å². The maximum Gasteiger partial charge on any atom is 0.414 e. The molecule has 9 nitrogen and oxygen atoms in total. The number of amides is 2. The maximum absolute atomic E-state index is 12.4. The van der Waals surface area contributed by atoms with E-state index in [0.717, 1.165) is 47.2 Å². The lowest BCUT2D eigenvalue weighted by molar-refractivity contribution is -0.119. The summed E-state index contributed by atoms with van der Waals surface area (Å²) in [6, 6.07) is 9.18. The Morgan fingerprint density at radius 1 is 1.28 bits per heavy atom. The van der Waals surface area contributed by atoms with Gasteiger partial charge in [0.25, 0.3) is 0 Å². The molecule has 1 aliphatic heterocycles. The Bertz CT molecular complexity index is 1200. The van der Waals surface area contributed by atoms with Gasteiger partial charge in [0.05, 0.1) is 13.1 Å². The first-order chi connectivity index (χ1) is 15.5. The standard InChI is InChI=1S/C23H22N4O5/c1-13(28)25-11-17-12-27(23(30)31-17)16-5-6-18-14(9-16)3-2-4-19-21(26-32-22(18)19)15-7-8-24-20(29)10-15/h5-10,17H,2-4,11-12H2,1H3,(H,24,29)(H,25,28)/t17-/m0/s1. The molecule has 0 bridgehead atoms. The van der Waals surface area contributed by atoms with Gasteiger partial charge >= 0.3 is 6.09 Å². The van der Waals surface area contributed by atoms with Crippen molar-refractivity contribution in [3.05, 3.63) is 47.7 Å². The fourth-order valence-electron chi connectivity index (χ4n) is 4.27. The molecule has 0 saturated carbocycles. The fraction of sp³-hybridized carbons (Fsp3) is 0.304. The Labute approximate surface area is 184 Å². The van der Waals surface area contributed by atoms with Gasteiger partial charge in [-0.1, -0.05) is 5.16 Å². The largest absolute Gasteiger partial charge is 0.493 e. The minimum absolute atomic E-state index is 0.0628. The number of cyclic esters (lactones) is 1. The fourth-order valence-corrected chi connectivity index (χ4v) is 4.27. The molecule has 164 valence electrons. The van der Waals surface area contributed by atoms with Gasteiger partial charge in [0, 0.05) is 41.6 Å². The summed E-state index contributed by atoms with van der Waals surface area (Å²) < 4.78 is 11.1. The van der Waals surface area contributed by atoms with E-state index in [1.165, 1.54) is 13.1 Å². The Morgan fingerprint density at radius 2 is 2.16 bits per heavy atom. The number of anilines is 1. The summed E-state index contributed by atoms with van der Waals surface area (Å²) in [5.41, 5.74) is 5.23. The molecule has 5 rings (SSSR count). The molecular formula is C23H22N4O5. The maximum atomic E-state index is 12.4. The Morgan fingerprint density at radius 3 is 2.97 bits per heavy atom. The molecule has 3 heterocycles. The van der Waals surface area contributed by atoms with Gasteiger partial charge in [0.2, 0.25) is 11.8 Å². The average molecular weight is 434 g/mol. The van der Waals surface area contributed by atoms with Gasteiger partial charge in [0.15, 0.2) is 5.76 Å². The lowest BCUT2D eigenvalue weighted by atomic mass is 10.00. The zero-order chi connectivity index (χ0) is 22.2. The molecule has 1 saturated heterocycles. The average Bonchev–Trinajstić information content (AvgIpc) is 3.31. The predicted octanol–water partition coefficient (Wildman–Crippen LogP) is 3.06. The van der Waals surface area contributed by atoms with Crippen molar-refractivity contribution in [2.75, 3.05) is 18.0 Å². The SMILES string of the molecule is CC(=O)NC[C@H]1CN(c2ccc3c(c2)CCCc2c(-c4ccnc(O)c4)noc2-3)C(=O)O1. The molecule has 3 aromatic rings. The summed E-state index contributed by atoms with van der Waals surface area (Å²) in [6.07, 6.45) is 3.24. The summed E-state index contributed by atoms with van der Waals surface area (Å²) >= 11 is 0. The van der Waals surface area contributed by atoms with E-state index in [2.05, 4.69) is 15.5 Å². The van der Waals surface area contributed by atoms with Crippen LogP contribution >= 0.6 is 0 Å². The molecule has 1 atom stereocenters. The number of ether oxygens (including phenoxy) is 1. The number of fused-ring (bicyclic) bond motifs is 3. The summed E-state index contributed by atoms with van der Waals surface area (Å²) in [7, 11) is 0. The van der Waals surface area contributed by atoms with Crippen LogP contribution in [0.2, 0.25) is 0 Å². The highest BCUT2D eigenvalue weighted by molar-refractivity contribution is 5.90. The third-order valence-electron chi connectivity index (χ3n) is 5.78. The van der Waals surface area contributed by atoms with Gasteiger partial charge in [-0.15, -0.1) is 0 Å². The number of aryl methyl sites for hydroxylation is 1. The van der Waals surface area contributed by atoms with E-state index in [4.69, 9.17) is 9.26 Å². The normalized spacial score (nSPS) is 17.3. The van der Waals surface area contributed by atoms with Crippen LogP contribution in [0.15, 0.2) is 41.1 Å². The van der Waals surface area contributed by atoms with E-state index in [-0.39, 0.29) is 24.4 Å². The summed E-state index contributed by atoms with van der Waals surface area (Å²) in [4.78, 5) is 28.9. The molecule has 1 aliphatic carbocycles. The Kier molecular flexibility index (Phi) is 5.01. The van der Waals surface area contributed by atoms with E-state index < -0.39 is 6.09 Å². The molecule has 0 unspecified atom stereocenters. The van der Waals surface area contributed by atoms with Crippen LogP contribution in [0.25, 0.3) is 22.6 Å². The van der Waals surface area contributed by atoms with Crippen LogP contribution in [0.5, 0.6) is 5.88 Å². The molecule has 1 fully saturated rings. The summed E-state index contributed by atoms with van der Waals surface area (Å²) in [5.74, 6) is 0.490. The van der Waals surface area contributed by atoms with Crippen molar-refractivity contribution in [1.29, 1.82) is 0 Å². The van der Waals surface area contributed by atoms with Crippen LogP contribution in [-0.2, 0) is 22.4 Å². The van der Waals surface area contributed by atoms with Crippen LogP contribution in [0, 0.1) is 0 Å². The second-order valence-electron chi connectivity index (χ2n) is 7.99. The third-order valence-corrected chi connectivity index (χ3v) is 5.78. The molecular weight excluding hydrogens is 412 g/mol. The first-order valence-corrected chi connectivity index (χ1v) is 10.5. The highest BCUT2D eigenvalue weighted by Crippen LogP contribution is 2.39. The molecule has 2 amide bonds. The van der Waals surface area contributed by atoms with Crippen LogP contribution in [0.1, 0.15) is 24.5 Å². The molecule has 0 spiro atoms. The molecule has 9 heteroatoms. The molecule has 32 heavy (non-hydrogen) atoms. The minimum Gasteiger partial charge on any atom is -0.493 e. The van der Waals surface area contributed by atoms with Gasteiger partial charge in [-0.2, -0.15) is 0 Å². The van der Waals surface area contributed by atoms with Gasteiger partial charge in [0.1, 0.15) is 11.8 Å². The number of pyridine rings is 1. The Hall–Kier alpha value is -3.88. The quantitative estimate of drug-likeness (QED) is 0.648. The summed E-state index contributed by atoms with van der Waals surface area (Å²) in [6.45, 7) is 2.10. The van der Waals surface area contributed by atoms with Gasteiger partial charge < -0.3 is 19.7 Å². The van der Waals surface area contributed by atoms with E-state index >= 15 is 0 Å². The van der Waals surface area contributed by atoms with Gasteiger partial charge in [-0.25, -0.2) is 9.78 Å². The van der Waals surface area contributed by atoms with Crippen LogP contribution in [0.4, 0.5) is 10.5 Å². The first kappa shape index (κ1) is 20.0. The molecule has 1 aromatic carbocycles. The van der Waals surface area contributed by atoms with Crippen molar-refractivity contribution < 1.29 is 24.0 Å². The number of hydrogen-bond acceptors (Lipinski definition) is 7. The second-order valence-corrected chi connectivity index (χ2v) is 7.99. The molecule has 2 aliphatic rings. The number of carbonyl (C=O) groups excluding carboxylic acids is 2. The molecule has 0 radical (unpaired) electrons. The number of aromatic nitrogens is 2. The first-order valence-electron chi connectivity index (χ1n) is 10.5. The van der Waals surface area contributed by atoms with Crippen LogP contribution in [-0.4, -0.2) is 46.4 Å². The third kappa shape index (κ3) is 3.66. The highest BCUT2D eigenvalue weighted by Gasteiger charge is 2.33.